The SMILES string of the molecule is CCOc1cc(/C=C(\C#N)c2ccc(Cl)cc2Cl)cc(Br)c1OC. The fourth-order valence-electron chi connectivity index (χ4n) is 2.18. The van der Waals surface area contributed by atoms with Gasteiger partial charge < -0.3 is 9.47 Å². The Balaban J connectivity index is 2.53. The lowest BCUT2D eigenvalue weighted by atomic mass is 10.0. The fraction of sp³-hybridized carbons (Fsp3) is 0.167. The van der Waals surface area contributed by atoms with Crippen LogP contribution in [0.4, 0.5) is 0 Å². The molecule has 0 fully saturated rings. The Bertz CT molecular complexity index is 828. The number of allylic oxidation sites excluding steroid dienone is 1. The third-order valence-electron chi connectivity index (χ3n) is 3.19. The molecule has 0 amide bonds. The molecule has 2 rings (SSSR count). The molecule has 0 saturated heterocycles. The van der Waals surface area contributed by atoms with Gasteiger partial charge >= 0.3 is 0 Å². The van der Waals surface area contributed by atoms with Crippen molar-refractivity contribution in [2.75, 3.05) is 13.7 Å². The summed E-state index contributed by atoms with van der Waals surface area (Å²) in [5.41, 5.74) is 1.83. The van der Waals surface area contributed by atoms with Crippen LogP contribution in [0.5, 0.6) is 11.5 Å². The van der Waals surface area contributed by atoms with Crippen LogP contribution in [0, 0.1) is 11.3 Å². The van der Waals surface area contributed by atoms with E-state index in [0.717, 1.165) is 10.0 Å². The van der Waals surface area contributed by atoms with Crippen LogP contribution in [-0.4, -0.2) is 13.7 Å². The van der Waals surface area contributed by atoms with Crippen molar-refractivity contribution in [1.29, 1.82) is 5.26 Å². The van der Waals surface area contributed by atoms with Gasteiger partial charge in [0, 0.05) is 10.6 Å². The minimum atomic E-state index is 0.424. The molecule has 0 saturated carbocycles. The molecular weight excluding hydrogens is 413 g/mol. The van der Waals surface area contributed by atoms with E-state index in [1.54, 1.807) is 31.4 Å². The Labute approximate surface area is 159 Å². The van der Waals surface area contributed by atoms with E-state index in [1.807, 2.05) is 19.1 Å². The van der Waals surface area contributed by atoms with Crippen LogP contribution in [0.15, 0.2) is 34.8 Å². The highest BCUT2D eigenvalue weighted by Gasteiger charge is 2.12. The van der Waals surface area contributed by atoms with E-state index in [1.165, 1.54) is 0 Å². The van der Waals surface area contributed by atoms with Gasteiger partial charge in [0.2, 0.25) is 0 Å². The average molecular weight is 427 g/mol. The minimum absolute atomic E-state index is 0.424. The van der Waals surface area contributed by atoms with Crippen molar-refractivity contribution in [3.8, 4) is 17.6 Å². The second-order valence-electron chi connectivity index (χ2n) is 4.76. The summed E-state index contributed by atoms with van der Waals surface area (Å²) in [6.07, 6.45) is 1.74. The van der Waals surface area contributed by atoms with Crippen LogP contribution in [-0.2, 0) is 0 Å². The van der Waals surface area contributed by atoms with E-state index in [9.17, 15) is 5.26 Å². The molecule has 2 aromatic rings. The quantitative estimate of drug-likeness (QED) is 0.420. The van der Waals surface area contributed by atoms with Gasteiger partial charge in [-0.3, -0.25) is 0 Å². The topological polar surface area (TPSA) is 42.2 Å². The van der Waals surface area contributed by atoms with E-state index in [4.69, 9.17) is 32.7 Å². The van der Waals surface area contributed by atoms with E-state index in [-0.39, 0.29) is 0 Å². The number of rotatable bonds is 5. The molecule has 0 atom stereocenters. The summed E-state index contributed by atoms with van der Waals surface area (Å²) in [4.78, 5) is 0. The standard InChI is InChI=1S/C18H14BrCl2NO2/c1-3-24-17-8-11(7-15(19)18(17)23-2)6-12(10-22)14-5-4-13(20)9-16(14)21/h4-9H,3H2,1-2H3/b12-6+. The van der Waals surface area contributed by atoms with Gasteiger partial charge in [-0.05, 0) is 58.8 Å². The largest absolute Gasteiger partial charge is 0.492 e. The molecule has 0 N–H and O–H groups in total. The highest BCUT2D eigenvalue weighted by Crippen LogP contribution is 2.38. The molecule has 0 spiro atoms. The second-order valence-corrected chi connectivity index (χ2v) is 6.46. The first-order valence-corrected chi connectivity index (χ1v) is 8.62. The lowest BCUT2D eigenvalue weighted by Gasteiger charge is -2.12. The number of nitriles is 1. The summed E-state index contributed by atoms with van der Waals surface area (Å²) >= 11 is 15.6. The van der Waals surface area contributed by atoms with Crippen molar-refractivity contribution in [3.63, 3.8) is 0 Å². The molecule has 24 heavy (non-hydrogen) atoms. The molecule has 6 heteroatoms. The number of benzene rings is 2. The third kappa shape index (κ3) is 4.24. The second kappa shape index (κ2) is 8.43. The van der Waals surface area contributed by atoms with E-state index < -0.39 is 0 Å². The van der Waals surface area contributed by atoms with Crippen molar-refractivity contribution in [3.05, 3.63) is 56.0 Å². The molecule has 2 aromatic carbocycles. The number of hydrogen-bond donors (Lipinski definition) is 0. The van der Waals surface area contributed by atoms with Gasteiger partial charge in [0.05, 0.1) is 34.9 Å². The molecule has 0 radical (unpaired) electrons. The van der Waals surface area contributed by atoms with E-state index in [0.29, 0.717) is 39.3 Å². The van der Waals surface area contributed by atoms with Crippen molar-refractivity contribution in [2.45, 2.75) is 6.92 Å². The zero-order valence-corrected chi connectivity index (χ0v) is 16.2. The first kappa shape index (κ1) is 18.7. The van der Waals surface area contributed by atoms with Crippen molar-refractivity contribution in [1.82, 2.24) is 0 Å². The summed E-state index contributed by atoms with van der Waals surface area (Å²) < 4.78 is 11.7. The molecule has 0 aliphatic rings. The van der Waals surface area contributed by atoms with Crippen molar-refractivity contribution < 1.29 is 9.47 Å². The maximum absolute atomic E-state index is 9.50. The zero-order chi connectivity index (χ0) is 17.7. The normalized spacial score (nSPS) is 11.1. The number of hydrogen-bond acceptors (Lipinski definition) is 3. The van der Waals surface area contributed by atoms with E-state index in [2.05, 4.69) is 22.0 Å². The maximum Gasteiger partial charge on any atom is 0.174 e. The van der Waals surface area contributed by atoms with Crippen LogP contribution in [0.3, 0.4) is 0 Å². The maximum atomic E-state index is 9.50. The van der Waals surface area contributed by atoms with Crippen molar-refractivity contribution >= 4 is 50.8 Å². The van der Waals surface area contributed by atoms with Crippen LogP contribution in [0.2, 0.25) is 10.0 Å². The predicted octanol–water partition coefficient (Wildman–Crippen LogP) is 6.23. The Morgan fingerprint density at radius 3 is 2.62 bits per heavy atom. The molecule has 0 heterocycles. The van der Waals surface area contributed by atoms with Crippen molar-refractivity contribution in [2.24, 2.45) is 0 Å². The summed E-state index contributed by atoms with van der Waals surface area (Å²) in [6.45, 7) is 2.40. The first-order valence-electron chi connectivity index (χ1n) is 7.07. The van der Waals surface area contributed by atoms with Crippen LogP contribution in [0.1, 0.15) is 18.1 Å². The monoisotopic (exact) mass is 425 g/mol. The highest BCUT2D eigenvalue weighted by atomic mass is 79.9. The van der Waals surface area contributed by atoms with Gasteiger partial charge in [-0.1, -0.05) is 29.3 Å². The summed E-state index contributed by atoms with van der Waals surface area (Å²) in [5, 5.41) is 10.4. The Morgan fingerprint density at radius 2 is 2.04 bits per heavy atom. The number of halogens is 3. The lowest BCUT2D eigenvalue weighted by molar-refractivity contribution is 0.310. The molecule has 0 aromatic heterocycles. The van der Waals surface area contributed by atoms with Gasteiger partial charge in [-0.2, -0.15) is 5.26 Å². The van der Waals surface area contributed by atoms with E-state index >= 15 is 0 Å². The molecule has 0 unspecified atom stereocenters. The molecule has 3 nitrogen and oxygen atoms in total. The lowest BCUT2D eigenvalue weighted by Crippen LogP contribution is -1.97. The zero-order valence-electron chi connectivity index (χ0n) is 13.1. The van der Waals surface area contributed by atoms with Crippen LogP contribution >= 0.6 is 39.1 Å². The van der Waals surface area contributed by atoms with Gasteiger partial charge in [0.15, 0.2) is 11.5 Å². The van der Waals surface area contributed by atoms with Crippen LogP contribution < -0.4 is 9.47 Å². The third-order valence-corrected chi connectivity index (χ3v) is 4.33. The molecule has 0 aliphatic carbocycles. The molecule has 0 bridgehead atoms. The van der Waals surface area contributed by atoms with Gasteiger partial charge in [0.25, 0.3) is 0 Å². The first-order chi connectivity index (χ1) is 11.5. The molecule has 124 valence electrons. The summed E-state index contributed by atoms with van der Waals surface area (Å²) in [5.74, 6) is 1.21. The summed E-state index contributed by atoms with van der Waals surface area (Å²) in [7, 11) is 1.58. The predicted molar refractivity (Wildman–Crippen MR) is 102 cm³/mol. The Hall–Kier alpha value is -1.67. The highest BCUT2D eigenvalue weighted by molar-refractivity contribution is 9.10. The van der Waals surface area contributed by atoms with Crippen LogP contribution in [0.25, 0.3) is 11.6 Å². The Morgan fingerprint density at radius 1 is 1.29 bits per heavy atom. The minimum Gasteiger partial charge on any atom is -0.492 e. The van der Waals surface area contributed by atoms with Gasteiger partial charge in [0.1, 0.15) is 0 Å². The van der Waals surface area contributed by atoms with Gasteiger partial charge in [-0.25, -0.2) is 0 Å². The fourth-order valence-corrected chi connectivity index (χ4v) is 3.31. The average Bonchev–Trinajstić information content (AvgIpc) is 2.53. The number of nitrogens with zero attached hydrogens (tertiary/aromatic N) is 1. The smallest absolute Gasteiger partial charge is 0.174 e. The Kier molecular flexibility index (Phi) is 6.56. The summed E-state index contributed by atoms with van der Waals surface area (Å²) in [6, 6.07) is 10.9. The van der Waals surface area contributed by atoms with Gasteiger partial charge in [-0.15, -0.1) is 0 Å². The molecular formula is C18H14BrCl2NO2. The molecule has 0 aliphatic heterocycles. The number of methoxy groups -OCH3 is 1. The number of ether oxygens (including phenoxy) is 2.